The third-order valence-electron chi connectivity index (χ3n) is 4.53. The number of nitrogens with two attached hydrogens (primary N) is 1. The van der Waals surface area contributed by atoms with E-state index in [0.717, 1.165) is 24.9 Å². The molecule has 0 bridgehead atoms. The third-order valence-corrected chi connectivity index (χ3v) is 4.53. The maximum absolute atomic E-state index is 12.4. The van der Waals surface area contributed by atoms with E-state index in [2.05, 4.69) is 45.1 Å². The maximum Gasteiger partial charge on any atom is 0.229 e. The molecule has 2 unspecified atom stereocenters. The van der Waals surface area contributed by atoms with Crippen LogP contribution in [0, 0.1) is 5.92 Å². The van der Waals surface area contributed by atoms with Crippen LogP contribution in [-0.4, -0.2) is 11.9 Å². The Morgan fingerprint density at radius 3 is 2.43 bits per heavy atom. The molecule has 0 aromatic heterocycles. The van der Waals surface area contributed by atoms with E-state index in [1.54, 1.807) is 0 Å². The number of amides is 1. The number of hydrogen-bond donors (Lipinski definition) is 2. The molecule has 0 aliphatic heterocycles. The molecule has 1 saturated carbocycles. The highest BCUT2D eigenvalue weighted by molar-refractivity contribution is 5.94. The van der Waals surface area contributed by atoms with Crippen LogP contribution in [-0.2, 0) is 4.79 Å². The van der Waals surface area contributed by atoms with Gasteiger partial charge in [0.2, 0.25) is 5.91 Å². The Labute approximate surface area is 128 Å². The van der Waals surface area contributed by atoms with Crippen LogP contribution in [0.25, 0.3) is 0 Å². The summed E-state index contributed by atoms with van der Waals surface area (Å²) in [5.74, 6) is 0.931. The summed E-state index contributed by atoms with van der Waals surface area (Å²) in [7, 11) is 0. The Kier molecular flexibility index (Phi) is 5.04. The fraction of sp³-hybridized carbons (Fsp3) is 0.611. The average Bonchev–Trinajstić information content (AvgIpc) is 2.85. The zero-order valence-electron chi connectivity index (χ0n) is 13.6. The zero-order valence-corrected chi connectivity index (χ0v) is 13.6. The van der Waals surface area contributed by atoms with Crippen molar-refractivity contribution in [1.29, 1.82) is 0 Å². The Morgan fingerprint density at radius 1 is 1.19 bits per heavy atom. The summed E-state index contributed by atoms with van der Waals surface area (Å²) in [6.45, 7) is 8.71. The number of anilines is 1. The van der Waals surface area contributed by atoms with Crippen LogP contribution in [0.15, 0.2) is 18.2 Å². The number of rotatable bonds is 4. The van der Waals surface area contributed by atoms with Gasteiger partial charge in [-0.3, -0.25) is 4.79 Å². The van der Waals surface area contributed by atoms with Gasteiger partial charge in [-0.1, -0.05) is 46.2 Å². The number of carbonyl (C=O) groups excluding carboxylic acids is 1. The van der Waals surface area contributed by atoms with Crippen LogP contribution in [0.2, 0.25) is 0 Å². The van der Waals surface area contributed by atoms with E-state index in [9.17, 15) is 4.79 Å². The fourth-order valence-corrected chi connectivity index (χ4v) is 3.07. The summed E-state index contributed by atoms with van der Waals surface area (Å²) in [5, 5.41) is 3.11. The van der Waals surface area contributed by atoms with Crippen molar-refractivity contribution in [2.75, 3.05) is 5.32 Å². The third kappa shape index (κ3) is 3.65. The molecule has 1 aliphatic carbocycles. The molecule has 0 spiro atoms. The summed E-state index contributed by atoms with van der Waals surface area (Å²) < 4.78 is 0. The molecule has 3 heteroatoms. The molecule has 1 fully saturated rings. The van der Waals surface area contributed by atoms with Crippen LogP contribution < -0.4 is 11.1 Å². The van der Waals surface area contributed by atoms with Crippen LogP contribution in [0.4, 0.5) is 5.69 Å². The van der Waals surface area contributed by atoms with Gasteiger partial charge in [0.15, 0.2) is 0 Å². The summed E-state index contributed by atoms with van der Waals surface area (Å²) >= 11 is 0. The van der Waals surface area contributed by atoms with Crippen molar-refractivity contribution in [1.82, 2.24) is 0 Å². The van der Waals surface area contributed by atoms with Gasteiger partial charge in [-0.15, -0.1) is 0 Å². The topological polar surface area (TPSA) is 55.1 Å². The lowest BCUT2D eigenvalue weighted by Gasteiger charge is -2.20. The van der Waals surface area contributed by atoms with E-state index in [0.29, 0.717) is 11.8 Å². The first-order chi connectivity index (χ1) is 9.90. The van der Waals surface area contributed by atoms with Gasteiger partial charge in [-0.05, 0) is 41.9 Å². The molecule has 2 atom stereocenters. The van der Waals surface area contributed by atoms with E-state index < -0.39 is 0 Å². The number of benzene rings is 1. The van der Waals surface area contributed by atoms with Gasteiger partial charge in [0.05, 0.1) is 5.92 Å². The molecular weight excluding hydrogens is 260 g/mol. The number of carbonyl (C=O) groups is 1. The lowest BCUT2D eigenvalue weighted by atomic mass is 9.93. The maximum atomic E-state index is 12.4. The van der Waals surface area contributed by atoms with Gasteiger partial charge >= 0.3 is 0 Å². The van der Waals surface area contributed by atoms with Crippen LogP contribution in [0.3, 0.4) is 0 Å². The molecule has 1 aliphatic rings. The molecule has 21 heavy (non-hydrogen) atoms. The Bertz CT molecular complexity index is 508. The second-order valence-electron chi connectivity index (χ2n) is 6.85. The fourth-order valence-electron chi connectivity index (χ4n) is 3.07. The van der Waals surface area contributed by atoms with E-state index in [-0.39, 0.29) is 17.9 Å². The molecular formula is C18H28N2O. The lowest BCUT2D eigenvalue weighted by molar-refractivity contribution is -0.120. The summed E-state index contributed by atoms with van der Waals surface area (Å²) in [5.41, 5.74) is 9.50. The second kappa shape index (κ2) is 6.61. The molecule has 3 nitrogen and oxygen atoms in total. The molecule has 116 valence electrons. The molecule has 1 amide bonds. The van der Waals surface area contributed by atoms with Crippen molar-refractivity contribution in [3.8, 4) is 0 Å². The Morgan fingerprint density at radius 2 is 1.90 bits per heavy atom. The van der Waals surface area contributed by atoms with Gasteiger partial charge in [-0.2, -0.15) is 0 Å². The highest BCUT2D eigenvalue weighted by Gasteiger charge is 2.30. The highest BCUT2D eigenvalue weighted by atomic mass is 16.1. The van der Waals surface area contributed by atoms with Crippen molar-refractivity contribution < 1.29 is 4.79 Å². The number of hydrogen-bond acceptors (Lipinski definition) is 2. The minimum Gasteiger partial charge on any atom is -0.327 e. The first kappa shape index (κ1) is 16.0. The normalized spacial score (nSPS) is 22.0. The predicted molar refractivity (Wildman–Crippen MR) is 88.6 cm³/mol. The van der Waals surface area contributed by atoms with E-state index in [4.69, 9.17) is 5.73 Å². The van der Waals surface area contributed by atoms with Gasteiger partial charge in [0.1, 0.15) is 0 Å². The summed E-state index contributed by atoms with van der Waals surface area (Å²) in [6.07, 6.45) is 2.93. The smallest absolute Gasteiger partial charge is 0.229 e. The van der Waals surface area contributed by atoms with E-state index in [1.165, 1.54) is 11.1 Å². The Balaban J connectivity index is 2.21. The first-order valence-corrected chi connectivity index (χ1v) is 8.10. The summed E-state index contributed by atoms with van der Waals surface area (Å²) in [4.78, 5) is 12.4. The van der Waals surface area contributed by atoms with Crippen LogP contribution in [0.1, 0.15) is 69.9 Å². The zero-order chi connectivity index (χ0) is 15.6. The standard InChI is InChI=1S/C18H28N2O/c1-11(2)13-8-9-17(15(10-13)12(3)4)20-18(21)14-6-5-7-16(14)19/h8-12,14,16H,5-7,19H2,1-4H3,(H,20,21). The lowest BCUT2D eigenvalue weighted by Crippen LogP contribution is -2.34. The molecule has 0 radical (unpaired) electrons. The molecule has 0 heterocycles. The molecule has 1 aromatic rings. The SMILES string of the molecule is CC(C)c1ccc(NC(=O)C2CCCC2N)c(C(C)C)c1. The van der Waals surface area contributed by atoms with Gasteiger partial charge in [0, 0.05) is 11.7 Å². The molecule has 0 saturated heterocycles. The molecule has 1 aromatic carbocycles. The minimum atomic E-state index is -0.0326. The Hall–Kier alpha value is -1.35. The minimum absolute atomic E-state index is 0.0161. The van der Waals surface area contributed by atoms with Gasteiger partial charge in [0.25, 0.3) is 0 Å². The highest BCUT2D eigenvalue weighted by Crippen LogP contribution is 2.30. The monoisotopic (exact) mass is 288 g/mol. The largest absolute Gasteiger partial charge is 0.327 e. The number of nitrogens with one attached hydrogen (secondary N) is 1. The predicted octanol–water partition coefficient (Wildman–Crippen LogP) is 4.00. The van der Waals surface area contributed by atoms with Crippen LogP contribution in [0.5, 0.6) is 0 Å². The first-order valence-electron chi connectivity index (χ1n) is 8.10. The molecule has 3 N–H and O–H groups in total. The van der Waals surface area contributed by atoms with Crippen LogP contribution >= 0.6 is 0 Å². The van der Waals surface area contributed by atoms with Crippen molar-refractivity contribution in [3.05, 3.63) is 29.3 Å². The van der Waals surface area contributed by atoms with Gasteiger partial charge in [-0.25, -0.2) is 0 Å². The van der Waals surface area contributed by atoms with Crippen molar-refractivity contribution in [2.45, 2.75) is 64.8 Å². The van der Waals surface area contributed by atoms with Crippen molar-refractivity contribution >= 4 is 11.6 Å². The average molecular weight is 288 g/mol. The van der Waals surface area contributed by atoms with Gasteiger partial charge < -0.3 is 11.1 Å². The molecule has 2 rings (SSSR count). The van der Waals surface area contributed by atoms with Crippen molar-refractivity contribution in [3.63, 3.8) is 0 Å². The quantitative estimate of drug-likeness (QED) is 0.880. The summed E-state index contributed by atoms with van der Waals surface area (Å²) in [6, 6.07) is 6.39. The van der Waals surface area contributed by atoms with Crippen molar-refractivity contribution in [2.24, 2.45) is 11.7 Å². The van der Waals surface area contributed by atoms with E-state index >= 15 is 0 Å². The second-order valence-corrected chi connectivity index (χ2v) is 6.85. The van der Waals surface area contributed by atoms with E-state index in [1.807, 2.05) is 6.07 Å².